The average Bonchev–Trinajstić information content (AvgIpc) is 2.36. The van der Waals surface area contributed by atoms with Crippen molar-refractivity contribution < 1.29 is 14.3 Å². The van der Waals surface area contributed by atoms with Crippen LogP contribution in [-0.4, -0.2) is 16.1 Å². The average molecular weight is 342 g/mol. The van der Waals surface area contributed by atoms with E-state index in [9.17, 15) is 9.18 Å². The van der Waals surface area contributed by atoms with E-state index in [0.29, 0.717) is 15.3 Å². The summed E-state index contributed by atoms with van der Waals surface area (Å²) < 4.78 is 13.9. The number of benzene rings is 1. The maximum atomic E-state index is 13.2. The summed E-state index contributed by atoms with van der Waals surface area (Å²) >= 11 is 4.65. The predicted molar refractivity (Wildman–Crippen MR) is 74.9 cm³/mol. The fourth-order valence-electron chi connectivity index (χ4n) is 1.44. The number of pyridine rings is 1. The molecule has 1 N–H and O–H groups in total. The molecule has 2 rings (SSSR count). The number of hydrogen-bond donors (Lipinski definition) is 1. The predicted octanol–water partition coefficient (Wildman–Crippen LogP) is 3.97. The maximum Gasteiger partial charge on any atom is 0.337 e. The minimum atomic E-state index is -1.00. The summed E-state index contributed by atoms with van der Waals surface area (Å²) in [5.41, 5.74) is 0.985. The van der Waals surface area contributed by atoms with Crippen LogP contribution in [0.3, 0.4) is 0 Å². The van der Waals surface area contributed by atoms with E-state index in [0.717, 1.165) is 5.56 Å². The van der Waals surface area contributed by atoms with Crippen molar-refractivity contribution in [1.29, 1.82) is 0 Å². The number of halogens is 2. The largest absolute Gasteiger partial charge is 0.478 e. The van der Waals surface area contributed by atoms with E-state index in [2.05, 4.69) is 20.9 Å². The molecule has 2 aromatic rings. The van der Waals surface area contributed by atoms with Gasteiger partial charge >= 0.3 is 5.97 Å². The molecule has 19 heavy (non-hydrogen) atoms. The summed E-state index contributed by atoms with van der Waals surface area (Å²) in [6, 6.07) is 7.83. The molecule has 0 unspecified atom stereocenters. The number of aromatic carboxylic acids is 1. The molecule has 0 aliphatic carbocycles. The lowest BCUT2D eigenvalue weighted by Crippen LogP contribution is -1.96. The van der Waals surface area contributed by atoms with Crippen molar-refractivity contribution in [3.05, 3.63) is 57.9 Å². The Balaban J connectivity index is 2.03. The zero-order valence-electron chi connectivity index (χ0n) is 9.64. The third-order valence-electron chi connectivity index (χ3n) is 2.29. The van der Waals surface area contributed by atoms with Crippen molar-refractivity contribution >= 4 is 33.7 Å². The highest BCUT2D eigenvalue weighted by Gasteiger charge is 2.04. The Morgan fingerprint density at radius 3 is 2.74 bits per heavy atom. The number of aromatic nitrogens is 1. The topological polar surface area (TPSA) is 50.2 Å². The van der Waals surface area contributed by atoms with Gasteiger partial charge in [0.15, 0.2) is 0 Å². The first-order chi connectivity index (χ1) is 9.04. The second kappa shape index (κ2) is 6.16. The molecule has 98 valence electrons. The minimum Gasteiger partial charge on any atom is -0.478 e. The minimum absolute atomic E-state index is 0.151. The lowest BCUT2D eigenvalue weighted by molar-refractivity contribution is 0.0696. The van der Waals surface area contributed by atoms with Crippen LogP contribution in [0.4, 0.5) is 4.39 Å². The lowest BCUT2D eigenvalue weighted by Gasteiger charge is -2.03. The number of carboxylic acids is 1. The quantitative estimate of drug-likeness (QED) is 0.854. The molecule has 0 saturated heterocycles. The van der Waals surface area contributed by atoms with E-state index in [1.165, 1.54) is 36.2 Å². The summed E-state index contributed by atoms with van der Waals surface area (Å²) in [5.74, 6) is -0.729. The van der Waals surface area contributed by atoms with Gasteiger partial charge in [-0.3, -0.25) is 0 Å². The van der Waals surface area contributed by atoms with Crippen molar-refractivity contribution in [2.24, 2.45) is 0 Å². The first-order valence-electron chi connectivity index (χ1n) is 5.32. The Morgan fingerprint density at radius 2 is 2.16 bits per heavy atom. The van der Waals surface area contributed by atoms with Crippen LogP contribution in [0, 0.1) is 5.82 Å². The standard InChI is InChI=1S/C13H9BrFNO2S/c14-10-3-8(4-11(15)5-10)7-19-12-2-1-9(6-16-12)13(17)18/h1-6H,7H2,(H,17,18). The molecular weight excluding hydrogens is 333 g/mol. The van der Waals surface area contributed by atoms with E-state index in [1.807, 2.05) is 6.07 Å². The molecule has 3 nitrogen and oxygen atoms in total. The van der Waals surface area contributed by atoms with Crippen LogP contribution < -0.4 is 0 Å². The molecule has 0 saturated carbocycles. The van der Waals surface area contributed by atoms with Crippen molar-refractivity contribution in [3.63, 3.8) is 0 Å². The van der Waals surface area contributed by atoms with Crippen molar-refractivity contribution in [2.75, 3.05) is 0 Å². The molecule has 0 spiro atoms. The highest BCUT2D eigenvalue weighted by atomic mass is 79.9. The molecule has 6 heteroatoms. The van der Waals surface area contributed by atoms with Crippen LogP contribution in [0.1, 0.15) is 15.9 Å². The summed E-state index contributed by atoms with van der Waals surface area (Å²) in [6.45, 7) is 0. The van der Waals surface area contributed by atoms with Crippen molar-refractivity contribution in [2.45, 2.75) is 10.8 Å². The van der Waals surface area contributed by atoms with Gasteiger partial charge in [0.2, 0.25) is 0 Å². The zero-order valence-corrected chi connectivity index (χ0v) is 12.0. The highest BCUT2D eigenvalue weighted by molar-refractivity contribution is 9.10. The van der Waals surface area contributed by atoms with Gasteiger partial charge in [-0.05, 0) is 35.9 Å². The Morgan fingerprint density at radius 1 is 1.37 bits per heavy atom. The summed E-state index contributed by atoms with van der Waals surface area (Å²) in [4.78, 5) is 14.7. The first kappa shape index (κ1) is 14.0. The Kier molecular flexibility index (Phi) is 4.55. The molecule has 0 aliphatic rings. The van der Waals surface area contributed by atoms with E-state index in [-0.39, 0.29) is 11.4 Å². The van der Waals surface area contributed by atoms with Crippen LogP contribution >= 0.6 is 27.7 Å². The Hall–Kier alpha value is -1.40. The van der Waals surface area contributed by atoms with Gasteiger partial charge in [-0.2, -0.15) is 0 Å². The van der Waals surface area contributed by atoms with Gasteiger partial charge in [0.1, 0.15) is 5.82 Å². The summed E-state index contributed by atoms with van der Waals surface area (Å²) in [5, 5.41) is 9.45. The molecule has 0 bridgehead atoms. The van der Waals surface area contributed by atoms with Gasteiger partial charge in [-0.1, -0.05) is 15.9 Å². The highest BCUT2D eigenvalue weighted by Crippen LogP contribution is 2.23. The van der Waals surface area contributed by atoms with E-state index >= 15 is 0 Å². The molecule has 1 aromatic heterocycles. The van der Waals surface area contributed by atoms with Crippen LogP contribution in [-0.2, 0) is 5.75 Å². The summed E-state index contributed by atoms with van der Waals surface area (Å²) in [7, 11) is 0. The van der Waals surface area contributed by atoms with Crippen molar-refractivity contribution in [1.82, 2.24) is 4.98 Å². The Bertz CT molecular complexity index is 584. The number of thioether (sulfide) groups is 1. The van der Waals surface area contributed by atoms with Crippen LogP contribution in [0.15, 0.2) is 46.0 Å². The fourth-order valence-corrected chi connectivity index (χ4v) is 2.73. The Labute approximate surface area is 122 Å². The first-order valence-corrected chi connectivity index (χ1v) is 7.09. The van der Waals surface area contributed by atoms with Crippen LogP contribution in [0.25, 0.3) is 0 Å². The number of rotatable bonds is 4. The second-order valence-electron chi connectivity index (χ2n) is 3.76. The third-order valence-corrected chi connectivity index (χ3v) is 3.77. The van der Waals surface area contributed by atoms with Gasteiger partial charge in [0, 0.05) is 16.4 Å². The number of carbonyl (C=O) groups is 1. The molecule has 0 atom stereocenters. The fraction of sp³-hybridized carbons (Fsp3) is 0.0769. The number of nitrogens with zero attached hydrogens (tertiary/aromatic N) is 1. The SMILES string of the molecule is O=C(O)c1ccc(SCc2cc(F)cc(Br)c2)nc1. The molecule has 0 aliphatic heterocycles. The number of hydrogen-bond acceptors (Lipinski definition) is 3. The molecule has 0 fully saturated rings. The van der Waals surface area contributed by atoms with Gasteiger partial charge in [-0.15, -0.1) is 11.8 Å². The molecule has 0 amide bonds. The van der Waals surface area contributed by atoms with Crippen molar-refractivity contribution in [3.8, 4) is 0 Å². The smallest absolute Gasteiger partial charge is 0.337 e. The van der Waals surface area contributed by atoms with E-state index in [4.69, 9.17) is 5.11 Å². The van der Waals surface area contributed by atoms with Crippen LogP contribution in [0.2, 0.25) is 0 Å². The molecule has 0 radical (unpaired) electrons. The zero-order chi connectivity index (χ0) is 13.8. The van der Waals surface area contributed by atoms with Crippen LogP contribution in [0.5, 0.6) is 0 Å². The lowest BCUT2D eigenvalue weighted by atomic mass is 10.2. The maximum absolute atomic E-state index is 13.2. The summed E-state index contributed by atoms with van der Waals surface area (Å²) in [6.07, 6.45) is 1.31. The van der Waals surface area contributed by atoms with E-state index in [1.54, 1.807) is 6.07 Å². The number of carboxylic acid groups (broad SMARTS) is 1. The monoisotopic (exact) mass is 341 g/mol. The van der Waals surface area contributed by atoms with Gasteiger partial charge in [0.05, 0.1) is 10.6 Å². The normalized spacial score (nSPS) is 10.4. The van der Waals surface area contributed by atoms with Gasteiger partial charge in [0.25, 0.3) is 0 Å². The molecule has 1 aromatic carbocycles. The molecule has 1 heterocycles. The van der Waals surface area contributed by atoms with Gasteiger partial charge < -0.3 is 5.11 Å². The second-order valence-corrected chi connectivity index (χ2v) is 5.67. The van der Waals surface area contributed by atoms with Gasteiger partial charge in [-0.25, -0.2) is 14.2 Å². The molecular formula is C13H9BrFNO2S. The van der Waals surface area contributed by atoms with E-state index < -0.39 is 5.97 Å². The third kappa shape index (κ3) is 4.04.